The zero-order valence-corrected chi connectivity index (χ0v) is 21.1. The van der Waals surface area contributed by atoms with Crippen LogP contribution in [0.5, 0.6) is 17.2 Å². The average molecular weight is 464 g/mol. The molecule has 0 aromatic heterocycles. The highest BCUT2D eigenvalue weighted by atomic mass is 16.7. The Morgan fingerprint density at radius 3 is 1.85 bits per heavy atom. The molecular formula is C29H37NO4. The highest BCUT2D eigenvalue weighted by molar-refractivity contribution is 5.89. The summed E-state index contributed by atoms with van der Waals surface area (Å²) in [7, 11) is 4.97. The molecule has 5 heteroatoms. The molecule has 0 saturated heterocycles. The second-order valence-corrected chi connectivity index (χ2v) is 8.05. The number of ether oxygens (including phenoxy) is 3. The maximum atomic E-state index is 6.47. The van der Waals surface area contributed by atoms with Crippen molar-refractivity contribution in [3.63, 3.8) is 0 Å². The highest BCUT2D eigenvalue weighted by Gasteiger charge is 2.30. The smallest absolute Gasteiger partial charge is 0.206 e. The highest BCUT2D eigenvalue weighted by Crippen LogP contribution is 2.54. The Kier molecular flexibility index (Phi) is 9.65. The molecule has 0 N–H and O–H groups in total. The molecule has 0 heterocycles. The lowest BCUT2D eigenvalue weighted by Gasteiger charge is -2.31. The third kappa shape index (κ3) is 5.48. The number of para-hydroxylation sites is 1. The molecule has 0 unspecified atom stereocenters. The maximum Gasteiger partial charge on any atom is 0.206 e. The summed E-state index contributed by atoms with van der Waals surface area (Å²) in [6.07, 6.45) is 5.26. The van der Waals surface area contributed by atoms with E-state index in [1.807, 2.05) is 53.6 Å². The Bertz CT molecular complexity index is 1020. The topological polar surface area (TPSA) is 40.2 Å². The van der Waals surface area contributed by atoms with Crippen molar-refractivity contribution in [1.82, 2.24) is 0 Å². The van der Waals surface area contributed by atoms with Crippen molar-refractivity contribution < 1.29 is 19.0 Å². The molecule has 0 amide bonds. The van der Waals surface area contributed by atoms with Crippen molar-refractivity contribution in [2.75, 3.05) is 33.0 Å². The first-order chi connectivity index (χ1) is 16.7. The first-order valence-electron chi connectivity index (χ1n) is 12.1. The molecule has 0 aliphatic carbocycles. The molecule has 34 heavy (non-hydrogen) atoms. The van der Waals surface area contributed by atoms with Gasteiger partial charge in [0.1, 0.15) is 5.69 Å². The van der Waals surface area contributed by atoms with Gasteiger partial charge in [-0.1, -0.05) is 81.6 Å². The number of nitrogens with zero attached hydrogens (tertiary/aromatic N) is 1. The van der Waals surface area contributed by atoms with E-state index < -0.39 is 0 Å². The number of methoxy groups -OCH3 is 3. The zero-order chi connectivity index (χ0) is 24.3. The Morgan fingerprint density at radius 1 is 0.676 bits per heavy atom. The Hall–Kier alpha value is -3.18. The molecule has 182 valence electrons. The quantitative estimate of drug-likeness (QED) is 0.193. The van der Waals surface area contributed by atoms with Crippen LogP contribution in [-0.2, 0) is 11.3 Å². The standard InChI is InChI=1S/C29H37NO4/c1-6-8-9-16-21-34-30(23-19-14-11-15-20-23)26-24(7-2)25(22-17-12-10-13-18-22)27(31-3)29(33-5)28(26)32-4/h10-15,17-20H,6-9,16,21H2,1-5H3. The minimum atomic E-state index is 0.548. The molecule has 0 saturated carbocycles. The predicted octanol–water partition coefficient (Wildman–Crippen LogP) is 7.59. The summed E-state index contributed by atoms with van der Waals surface area (Å²) < 4.78 is 17.7. The fourth-order valence-electron chi connectivity index (χ4n) is 4.27. The Morgan fingerprint density at radius 2 is 1.29 bits per heavy atom. The molecule has 0 bridgehead atoms. The van der Waals surface area contributed by atoms with Gasteiger partial charge in [0.25, 0.3) is 0 Å². The van der Waals surface area contributed by atoms with Crippen LogP contribution in [0.1, 0.15) is 45.1 Å². The summed E-state index contributed by atoms with van der Waals surface area (Å²) in [4.78, 5) is 6.47. The Labute approximate surface area is 204 Å². The first kappa shape index (κ1) is 25.4. The Balaban J connectivity index is 2.27. The molecule has 3 rings (SSSR count). The van der Waals surface area contributed by atoms with Gasteiger partial charge in [0.05, 0.1) is 33.6 Å². The summed E-state index contributed by atoms with van der Waals surface area (Å²) in [5.41, 5.74) is 4.86. The van der Waals surface area contributed by atoms with Crippen LogP contribution in [0.2, 0.25) is 0 Å². The van der Waals surface area contributed by atoms with E-state index in [2.05, 4.69) is 26.0 Å². The van der Waals surface area contributed by atoms with Crippen LogP contribution in [0, 0.1) is 0 Å². The van der Waals surface area contributed by atoms with Gasteiger partial charge in [-0.25, -0.2) is 5.06 Å². The summed E-state index contributed by atoms with van der Waals surface area (Å²) >= 11 is 0. The molecular weight excluding hydrogens is 426 g/mol. The van der Waals surface area contributed by atoms with Crippen LogP contribution >= 0.6 is 0 Å². The SMILES string of the molecule is CCCCCCON(c1ccccc1)c1c(CC)c(-c2ccccc2)c(OC)c(OC)c1OC. The van der Waals surface area contributed by atoms with Crippen molar-refractivity contribution >= 4 is 11.4 Å². The molecule has 0 spiro atoms. The van der Waals surface area contributed by atoms with E-state index in [1.165, 1.54) is 12.8 Å². The van der Waals surface area contributed by atoms with Crippen molar-refractivity contribution in [1.29, 1.82) is 0 Å². The molecule has 0 aliphatic heterocycles. The van der Waals surface area contributed by atoms with Crippen molar-refractivity contribution in [2.45, 2.75) is 46.0 Å². The predicted molar refractivity (Wildman–Crippen MR) is 140 cm³/mol. The van der Waals surface area contributed by atoms with Crippen molar-refractivity contribution in [3.8, 4) is 28.4 Å². The van der Waals surface area contributed by atoms with E-state index >= 15 is 0 Å². The van der Waals surface area contributed by atoms with Gasteiger partial charge < -0.3 is 14.2 Å². The van der Waals surface area contributed by atoms with Gasteiger partial charge >= 0.3 is 0 Å². The van der Waals surface area contributed by atoms with Crippen LogP contribution in [0.3, 0.4) is 0 Å². The van der Waals surface area contributed by atoms with Gasteiger partial charge in [0.2, 0.25) is 5.75 Å². The lowest BCUT2D eigenvalue weighted by Crippen LogP contribution is -2.21. The molecule has 5 nitrogen and oxygen atoms in total. The zero-order valence-electron chi connectivity index (χ0n) is 21.1. The molecule has 3 aromatic rings. The maximum absolute atomic E-state index is 6.47. The summed E-state index contributed by atoms with van der Waals surface area (Å²) in [6.45, 7) is 4.96. The van der Waals surface area contributed by atoms with Crippen LogP contribution in [0.4, 0.5) is 11.4 Å². The first-order valence-corrected chi connectivity index (χ1v) is 12.1. The average Bonchev–Trinajstić information content (AvgIpc) is 2.90. The van der Waals surface area contributed by atoms with E-state index in [0.29, 0.717) is 23.9 Å². The van der Waals surface area contributed by atoms with Crippen molar-refractivity contribution in [2.24, 2.45) is 0 Å². The van der Waals surface area contributed by atoms with Gasteiger partial charge in [-0.15, -0.1) is 0 Å². The van der Waals surface area contributed by atoms with Crippen molar-refractivity contribution in [3.05, 3.63) is 66.2 Å². The van der Waals surface area contributed by atoms with E-state index in [9.17, 15) is 0 Å². The van der Waals surface area contributed by atoms with Crippen LogP contribution in [0.15, 0.2) is 60.7 Å². The summed E-state index contributed by atoms with van der Waals surface area (Å²) in [5.74, 6) is 1.79. The number of hydrogen-bond acceptors (Lipinski definition) is 5. The normalized spacial score (nSPS) is 10.7. The second kappa shape index (κ2) is 12.9. The fourth-order valence-corrected chi connectivity index (χ4v) is 4.27. The van der Waals surface area contributed by atoms with Gasteiger partial charge in [-0.05, 0) is 36.1 Å². The van der Waals surface area contributed by atoms with Crippen LogP contribution in [-0.4, -0.2) is 27.9 Å². The van der Waals surface area contributed by atoms with Gasteiger partial charge in [-0.2, -0.15) is 0 Å². The second-order valence-electron chi connectivity index (χ2n) is 8.05. The fraction of sp³-hybridized carbons (Fsp3) is 0.379. The van der Waals surface area contributed by atoms with Crippen LogP contribution < -0.4 is 19.3 Å². The third-order valence-electron chi connectivity index (χ3n) is 5.88. The number of unbranched alkanes of at least 4 members (excludes halogenated alkanes) is 3. The number of benzene rings is 3. The minimum Gasteiger partial charge on any atom is -0.492 e. The molecule has 0 fully saturated rings. The number of anilines is 2. The minimum absolute atomic E-state index is 0.548. The third-order valence-corrected chi connectivity index (χ3v) is 5.88. The molecule has 0 radical (unpaired) electrons. The largest absolute Gasteiger partial charge is 0.492 e. The number of rotatable bonds is 13. The van der Waals surface area contributed by atoms with E-state index in [1.54, 1.807) is 21.3 Å². The van der Waals surface area contributed by atoms with E-state index in [4.69, 9.17) is 19.0 Å². The lowest BCUT2D eigenvalue weighted by atomic mass is 9.93. The molecule has 0 aliphatic rings. The monoisotopic (exact) mass is 463 g/mol. The van der Waals surface area contributed by atoms with Gasteiger partial charge in [0, 0.05) is 5.56 Å². The van der Waals surface area contributed by atoms with Gasteiger partial charge in [0.15, 0.2) is 11.5 Å². The number of hydrogen-bond donors (Lipinski definition) is 0. The lowest BCUT2D eigenvalue weighted by molar-refractivity contribution is 0.129. The molecule has 0 atom stereocenters. The van der Waals surface area contributed by atoms with E-state index in [-0.39, 0.29) is 0 Å². The van der Waals surface area contributed by atoms with Crippen LogP contribution in [0.25, 0.3) is 11.1 Å². The summed E-state index contributed by atoms with van der Waals surface area (Å²) in [6, 6.07) is 20.4. The molecule has 3 aromatic carbocycles. The van der Waals surface area contributed by atoms with Gasteiger partial charge in [-0.3, -0.25) is 4.84 Å². The van der Waals surface area contributed by atoms with E-state index in [0.717, 1.165) is 47.3 Å². The summed E-state index contributed by atoms with van der Waals surface area (Å²) in [5, 5.41) is 1.90.